The van der Waals surface area contributed by atoms with Crippen LogP contribution < -0.4 is 0 Å². The lowest BCUT2D eigenvalue weighted by Gasteiger charge is -2.21. The summed E-state index contributed by atoms with van der Waals surface area (Å²) in [5, 5.41) is 28.0. The number of hydrogen-bond donors (Lipinski definition) is 3. The maximum absolute atomic E-state index is 12.1. The van der Waals surface area contributed by atoms with E-state index >= 15 is 0 Å². The maximum atomic E-state index is 12.1. The summed E-state index contributed by atoms with van der Waals surface area (Å²) in [7, 11) is 0. The van der Waals surface area contributed by atoms with Gasteiger partial charge in [0.05, 0.1) is 11.7 Å². The molecule has 0 radical (unpaired) electrons. The molecule has 0 aromatic heterocycles. The maximum Gasteiger partial charge on any atom is 0.326 e. The number of aromatic hydroxyl groups is 1. The fraction of sp³-hybridized carbons (Fsp3) is 0.333. The number of para-hydroxylation sites is 1. The zero-order chi connectivity index (χ0) is 13.3. The van der Waals surface area contributed by atoms with E-state index in [1.165, 1.54) is 12.1 Å². The van der Waals surface area contributed by atoms with Crippen molar-refractivity contribution < 1.29 is 24.9 Å². The highest BCUT2D eigenvalue weighted by atomic mass is 16.4. The van der Waals surface area contributed by atoms with Crippen molar-refractivity contribution in [3.05, 3.63) is 29.8 Å². The Hall–Kier alpha value is -2.08. The Morgan fingerprint density at radius 1 is 1.28 bits per heavy atom. The third-order valence-electron chi connectivity index (χ3n) is 2.96. The Bertz CT molecular complexity index is 487. The number of phenols is 1. The summed E-state index contributed by atoms with van der Waals surface area (Å²) < 4.78 is 0. The van der Waals surface area contributed by atoms with Crippen molar-refractivity contribution in [2.24, 2.45) is 0 Å². The zero-order valence-electron chi connectivity index (χ0n) is 9.48. The summed E-state index contributed by atoms with van der Waals surface area (Å²) in [4.78, 5) is 24.2. The molecule has 1 heterocycles. The molecule has 1 saturated heterocycles. The number of phenolic OH excluding ortho intramolecular Hbond substituents is 1. The number of aliphatic hydroxyl groups is 1. The molecule has 1 aromatic carbocycles. The number of β-amino-alcohol motifs (C(OH)–C–C–N with tert-alkyl or cyclic N) is 1. The molecule has 2 atom stereocenters. The van der Waals surface area contributed by atoms with E-state index in [4.69, 9.17) is 5.11 Å². The Labute approximate surface area is 103 Å². The van der Waals surface area contributed by atoms with Crippen LogP contribution >= 0.6 is 0 Å². The Morgan fingerprint density at radius 3 is 2.56 bits per heavy atom. The molecule has 0 saturated carbocycles. The van der Waals surface area contributed by atoms with Crippen LogP contribution in [0, 0.1) is 0 Å². The lowest BCUT2D eigenvalue weighted by molar-refractivity contribution is -0.141. The van der Waals surface area contributed by atoms with Crippen LogP contribution in [-0.4, -0.2) is 50.8 Å². The molecule has 1 aliphatic heterocycles. The van der Waals surface area contributed by atoms with Crippen LogP contribution in [0.2, 0.25) is 0 Å². The smallest absolute Gasteiger partial charge is 0.326 e. The number of hydrogen-bond acceptors (Lipinski definition) is 4. The van der Waals surface area contributed by atoms with Crippen molar-refractivity contribution in [1.29, 1.82) is 0 Å². The molecule has 1 fully saturated rings. The molecular formula is C12H13NO5. The van der Waals surface area contributed by atoms with Crippen LogP contribution in [0.4, 0.5) is 0 Å². The number of benzene rings is 1. The third kappa shape index (κ3) is 2.14. The molecule has 6 heteroatoms. The summed E-state index contributed by atoms with van der Waals surface area (Å²) in [5.74, 6) is -1.94. The van der Waals surface area contributed by atoms with Gasteiger partial charge in [0.2, 0.25) is 0 Å². The molecule has 2 rings (SSSR count). The Kier molecular flexibility index (Phi) is 3.20. The monoisotopic (exact) mass is 251 g/mol. The number of rotatable bonds is 2. The van der Waals surface area contributed by atoms with Crippen molar-refractivity contribution >= 4 is 11.9 Å². The van der Waals surface area contributed by atoms with Crippen LogP contribution in [0.1, 0.15) is 16.8 Å². The minimum absolute atomic E-state index is 0.00860. The molecule has 1 aromatic rings. The molecule has 1 amide bonds. The van der Waals surface area contributed by atoms with E-state index in [1.807, 2.05) is 0 Å². The first kappa shape index (κ1) is 12.4. The average Bonchev–Trinajstić information content (AvgIpc) is 2.71. The Morgan fingerprint density at radius 2 is 1.94 bits per heavy atom. The number of carbonyl (C=O) groups excluding carboxylic acids is 1. The number of aliphatic hydroxyl groups excluding tert-OH is 1. The fourth-order valence-electron chi connectivity index (χ4n) is 2.08. The molecule has 18 heavy (non-hydrogen) atoms. The third-order valence-corrected chi connectivity index (χ3v) is 2.96. The van der Waals surface area contributed by atoms with E-state index in [2.05, 4.69) is 0 Å². The summed E-state index contributed by atoms with van der Waals surface area (Å²) in [6.45, 7) is -0.0376. The summed E-state index contributed by atoms with van der Waals surface area (Å²) in [6.07, 6.45) is -0.838. The highest BCUT2D eigenvalue weighted by molar-refractivity contribution is 5.99. The van der Waals surface area contributed by atoms with Gasteiger partial charge in [0, 0.05) is 13.0 Å². The lowest BCUT2D eigenvalue weighted by Crippen LogP contribution is -2.40. The number of likely N-dealkylation sites (tertiary alicyclic amines) is 1. The van der Waals surface area contributed by atoms with Crippen LogP contribution in [0.15, 0.2) is 24.3 Å². The van der Waals surface area contributed by atoms with E-state index in [9.17, 15) is 19.8 Å². The van der Waals surface area contributed by atoms with Crippen molar-refractivity contribution in [2.45, 2.75) is 18.6 Å². The molecule has 0 aliphatic carbocycles. The van der Waals surface area contributed by atoms with Crippen LogP contribution in [0.3, 0.4) is 0 Å². The van der Waals surface area contributed by atoms with Gasteiger partial charge < -0.3 is 20.2 Å². The zero-order valence-corrected chi connectivity index (χ0v) is 9.48. The first-order valence-electron chi connectivity index (χ1n) is 5.50. The predicted molar refractivity (Wildman–Crippen MR) is 61.2 cm³/mol. The highest BCUT2D eigenvalue weighted by Crippen LogP contribution is 2.24. The minimum Gasteiger partial charge on any atom is -0.507 e. The van der Waals surface area contributed by atoms with Gasteiger partial charge in [-0.15, -0.1) is 0 Å². The first-order valence-corrected chi connectivity index (χ1v) is 5.50. The summed E-state index contributed by atoms with van der Waals surface area (Å²) in [5.41, 5.74) is 0.0397. The second-order valence-corrected chi connectivity index (χ2v) is 4.22. The first-order chi connectivity index (χ1) is 8.50. The van der Waals surface area contributed by atoms with Gasteiger partial charge in [-0.3, -0.25) is 4.79 Å². The second kappa shape index (κ2) is 4.66. The molecule has 0 spiro atoms. The quantitative estimate of drug-likeness (QED) is 0.690. The lowest BCUT2D eigenvalue weighted by atomic mass is 10.1. The Balaban J connectivity index is 2.28. The largest absolute Gasteiger partial charge is 0.507 e. The van der Waals surface area contributed by atoms with E-state index in [1.54, 1.807) is 12.1 Å². The van der Waals surface area contributed by atoms with Gasteiger partial charge in [-0.05, 0) is 12.1 Å². The van der Waals surface area contributed by atoms with E-state index in [0.29, 0.717) is 0 Å². The molecule has 6 nitrogen and oxygen atoms in total. The molecular weight excluding hydrogens is 238 g/mol. The second-order valence-electron chi connectivity index (χ2n) is 4.22. The van der Waals surface area contributed by atoms with Crippen molar-refractivity contribution in [3.8, 4) is 5.75 Å². The number of nitrogens with zero attached hydrogens (tertiary/aromatic N) is 1. The molecule has 0 bridgehead atoms. The van der Waals surface area contributed by atoms with Gasteiger partial charge in [-0.25, -0.2) is 4.79 Å². The average molecular weight is 251 g/mol. The number of carboxylic acids is 1. The van der Waals surface area contributed by atoms with Gasteiger partial charge in [-0.1, -0.05) is 12.1 Å². The molecule has 0 unspecified atom stereocenters. The molecule has 1 aliphatic rings. The van der Waals surface area contributed by atoms with E-state index in [0.717, 1.165) is 4.90 Å². The number of aliphatic carboxylic acids is 1. The minimum atomic E-state index is -1.16. The standard InChI is InChI=1S/C12H13NO5/c14-7-5-9(12(17)18)13(6-7)11(16)8-3-1-2-4-10(8)15/h1-4,7,9,14-15H,5-6H2,(H,17,18)/t7-,9+/m1/s1. The molecule has 96 valence electrons. The SMILES string of the molecule is O=C(O)[C@@H]1C[C@@H](O)CN1C(=O)c1ccccc1O. The molecule has 3 N–H and O–H groups in total. The van der Waals surface area contributed by atoms with Crippen LogP contribution in [-0.2, 0) is 4.79 Å². The van der Waals surface area contributed by atoms with Gasteiger partial charge in [-0.2, -0.15) is 0 Å². The highest BCUT2D eigenvalue weighted by Gasteiger charge is 2.39. The van der Waals surface area contributed by atoms with Crippen molar-refractivity contribution in [2.75, 3.05) is 6.54 Å². The van der Waals surface area contributed by atoms with Gasteiger partial charge in [0.15, 0.2) is 0 Å². The normalized spacial score (nSPS) is 23.1. The van der Waals surface area contributed by atoms with Gasteiger partial charge in [0.25, 0.3) is 5.91 Å². The number of carboxylic acid groups (broad SMARTS) is 1. The van der Waals surface area contributed by atoms with Crippen molar-refractivity contribution in [1.82, 2.24) is 4.90 Å². The fourth-order valence-corrected chi connectivity index (χ4v) is 2.08. The van der Waals surface area contributed by atoms with Gasteiger partial charge in [0.1, 0.15) is 11.8 Å². The van der Waals surface area contributed by atoms with Crippen LogP contribution in [0.25, 0.3) is 0 Å². The van der Waals surface area contributed by atoms with E-state index in [-0.39, 0.29) is 24.3 Å². The summed E-state index contributed by atoms with van der Waals surface area (Å²) >= 11 is 0. The van der Waals surface area contributed by atoms with Gasteiger partial charge >= 0.3 is 5.97 Å². The van der Waals surface area contributed by atoms with Crippen LogP contribution in [0.5, 0.6) is 5.75 Å². The topological polar surface area (TPSA) is 98.1 Å². The summed E-state index contributed by atoms with van der Waals surface area (Å²) in [6, 6.07) is 4.87. The number of amides is 1. The number of carbonyl (C=O) groups is 2. The van der Waals surface area contributed by atoms with E-state index < -0.39 is 24.0 Å². The predicted octanol–water partition coefficient (Wildman–Crippen LogP) is 0.0522. The van der Waals surface area contributed by atoms with Crippen molar-refractivity contribution in [3.63, 3.8) is 0 Å².